The SMILES string of the molecule is COc1cccc(CC(=O)NNC(=O)c2csc(C3CCN(C(=O)C(C)(C)Oc4ccccc4Cl)CC3)n2)c1. The van der Waals surface area contributed by atoms with Gasteiger partial charge in [-0.15, -0.1) is 11.3 Å². The Kier molecular flexibility index (Phi) is 9.08. The van der Waals surface area contributed by atoms with Crippen LogP contribution >= 0.6 is 22.9 Å². The Morgan fingerprint density at radius 3 is 2.56 bits per heavy atom. The summed E-state index contributed by atoms with van der Waals surface area (Å²) in [7, 11) is 1.56. The zero-order valence-corrected chi connectivity index (χ0v) is 23.6. The lowest BCUT2D eigenvalue weighted by Crippen LogP contribution is -2.51. The smallest absolute Gasteiger partial charge is 0.289 e. The van der Waals surface area contributed by atoms with E-state index in [0.29, 0.717) is 29.6 Å². The van der Waals surface area contributed by atoms with Crippen LogP contribution in [0.15, 0.2) is 53.9 Å². The Balaban J connectivity index is 1.26. The fourth-order valence-electron chi connectivity index (χ4n) is 4.34. The topological polar surface area (TPSA) is 110 Å². The number of benzene rings is 2. The highest BCUT2D eigenvalue weighted by Gasteiger charge is 2.37. The maximum Gasteiger partial charge on any atom is 0.289 e. The second kappa shape index (κ2) is 12.5. The predicted octanol–water partition coefficient (Wildman–Crippen LogP) is 4.37. The predicted molar refractivity (Wildman–Crippen MR) is 149 cm³/mol. The van der Waals surface area contributed by atoms with Crippen LogP contribution in [0.2, 0.25) is 5.02 Å². The van der Waals surface area contributed by atoms with Gasteiger partial charge in [-0.3, -0.25) is 25.2 Å². The number of hydrogen-bond donors (Lipinski definition) is 2. The van der Waals surface area contributed by atoms with Crippen LogP contribution in [0.5, 0.6) is 11.5 Å². The van der Waals surface area contributed by atoms with E-state index < -0.39 is 11.5 Å². The maximum absolute atomic E-state index is 13.2. The van der Waals surface area contributed by atoms with E-state index in [-0.39, 0.29) is 29.8 Å². The number of ether oxygens (including phenoxy) is 2. The highest BCUT2D eigenvalue weighted by Crippen LogP contribution is 2.33. The van der Waals surface area contributed by atoms with Crippen LogP contribution in [0.1, 0.15) is 53.7 Å². The number of nitrogens with one attached hydrogen (secondary N) is 2. The minimum Gasteiger partial charge on any atom is -0.497 e. The average Bonchev–Trinajstić information content (AvgIpc) is 3.43. The zero-order valence-electron chi connectivity index (χ0n) is 22.0. The number of likely N-dealkylation sites (tertiary alicyclic amines) is 1. The summed E-state index contributed by atoms with van der Waals surface area (Å²) < 4.78 is 11.1. The summed E-state index contributed by atoms with van der Waals surface area (Å²) >= 11 is 7.60. The van der Waals surface area contributed by atoms with Crippen molar-refractivity contribution in [2.45, 2.75) is 44.6 Å². The number of para-hydroxylation sites is 1. The van der Waals surface area contributed by atoms with Crippen molar-refractivity contribution in [3.8, 4) is 11.5 Å². The molecule has 1 aromatic heterocycles. The summed E-state index contributed by atoms with van der Waals surface area (Å²) in [6.07, 6.45) is 1.54. The first-order chi connectivity index (χ1) is 18.7. The molecule has 1 fully saturated rings. The normalized spacial score (nSPS) is 14.0. The van der Waals surface area contributed by atoms with Gasteiger partial charge in [-0.25, -0.2) is 4.98 Å². The first-order valence-electron chi connectivity index (χ1n) is 12.6. The van der Waals surface area contributed by atoms with Crippen molar-refractivity contribution in [1.82, 2.24) is 20.7 Å². The number of carbonyl (C=O) groups excluding carboxylic acids is 3. The zero-order chi connectivity index (χ0) is 28.0. The van der Waals surface area contributed by atoms with Crippen LogP contribution in [0.3, 0.4) is 0 Å². The molecule has 0 saturated carbocycles. The fraction of sp³-hybridized carbons (Fsp3) is 0.357. The number of hydrogen-bond acceptors (Lipinski definition) is 7. The summed E-state index contributed by atoms with van der Waals surface area (Å²) in [5.74, 6) is 0.315. The summed E-state index contributed by atoms with van der Waals surface area (Å²) in [5.41, 5.74) is 4.79. The van der Waals surface area contributed by atoms with Crippen molar-refractivity contribution in [3.05, 3.63) is 75.2 Å². The van der Waals surface area contributed by atoms with Crippen LogP contribution in [-0.4, -0.2) is 53.4 Å². The molecule has 0 bridgehead atoms. The Hall–Kier alpha value is -3.63. The van der Waals surface area contributed by atoms with Crippen molar-refractivity contribution in [1.29, 1.82) is 0 Å². The molecule has 0 aliphatic carbocycles. The molecule has 2 N–H and O–H groups in total. The molecule has 2 heterocycles. The van der Waals surface area contributed by atoms with E-state index in [4.69, 9.17) is 21.1 Å². The molecule has 4 rings (SSSR count). The Labute approximate surface area is 236 Å². The number of rotatable bonds is 8. The number of thiazole rings is 1. The second-order valence-electron chi connectivity index (χ2n) is 9.71. The van der Waals surface area contributed by atoms with Crippen LogP contribution in [0, 0.1) is 0 Å². The van der Waals surface area contributed by atoms with Gasteiger partial charge in [0, 0.05) is 24.4 Å². The molecular weight excluding hydrogens is 540 g/mol. The quantitative estimate of drug-likeness (QED) is 0.389. The lowest BCUT2D eigenvalue weighted by atomic mass is 9.96. The third-order valence-electron chi connectivity index (χ3n) is 6.42. The molecule has 9 nitrogen and oxygen atoms in total. The number of amides is 3. The van der Waals surface area contributed by atoms with E-state index in [1.807, 2.05) is 18.2 Å². The van der Waals surface area contributed by atoms with Gasteiger partial charge in [0.15, 0.2) is 5.60 Å². The van der Waals surface area contributed by atoms with Crippen molar-refractivity contribution < 1.29 is 23.9 Å². The van der Waals surface area contributed by atoms with E-state index in [1.54, 1.807) is 61.6 Å². The number of piperidine rings is 1. The summed E-state index contributed by atoms with van der Waals surface area (Å²) in [4.78, 5) is 44.3. The molecule has 3 aromatic rings. The van der Waals surface area contributed by atoms with Gasteiger partial charge < -0.3 is 14.4 Å². The minimum absolute atomic E-state index is 0.0946. The molecule has 3 amide bonds. The Morgan fingerprint density at radius 2 is 1.85 bits per heavy atom. The van der Waals surface area contributed by atoms with Crippen LogP contribution in [0.4, 0.5) is 0 Å². The van der Waals surface area contributed by atoms with Gasteiger partial charge in [0.1, 0.15) is 17.2 Å². The van der Waals surface area contributed by atoms with Crippen LogP contribution < -0.4 is 20.3 Å². The lowest BCUT2D eigenvalue weighted by Gasteiger charge is -2.36. The molecule has 0 radical (unpaired) electrons. The fourth-order valence-corrected chi connectivity index (χ4v) is 5.48. The molecule has 39 heavy (non-hydrogen) atoms. The number of halogens is 1. The maximum atomic E-state index is 13.2. The third-order valence-corrected chi connectivity index (χ3v) is 7.74. The van der Waals surface area contributed by atoms with Gasteiger partial charge >= 0.3 is 0 Å². The van der Waals surface area contributed by atoms with Gasteiger partial charge in [-0.2, -0.15) is 0 Å². The number of carbonyl (C=O) groups is 3. The summed E-state index contributed by atoms with van der Waals surface area (Å²) in [6, 6.07) is 14.2. The number of methoxy groups -OCH3 is 1. The van der Waals surface area contributed by atoms with Gasteiger partial charge in [-0.1, -0.05) is 35.9 Å². The van der Waals surface area contributed by atoms with Crippen molar-refractivity contribution in [2.75, 3.05) is 20.2 Å². The number of aromatic nitrogens is 1. The van der Waals surface area contributed by atoms with E-state index in [0.717, 1.165) is 23.4 Å². The van der Waals surface area contributed by atoms with Gasteiger partial charge in [0.25, 0.3) is 11.8 Å². The molecule has 1 saturated heterocycles. The molecular formula is C28H31ClN4O5S. The molecule has 0 spiro atoms. The van der Waals surface area contributed by atoms with E-state index in [2.05, 4.69) is 15.8 Å². The minimum atomic E-state index is -1.07. The van der Waals surface area contributed by atoms with Gasteiger partial charge in [0.2, 0.25) is 5.91 Å². The molecule has 0 unspecified atom stereocenters. The largest absolute Gasteiger partial charge is 0.497 e. The van der Waals surface area contributed by atoms with Gasteiger partial charge in [0.05, 0.1) is 23.6 Å². The van der Waals surface area contributed by atoms with E-state index >= 15 is 0 Å². The Bertz CT molecular complexity index is 1340. The number of hydrazine groups is 1. The lowest BCUT2D eigenvalue weighted by molar-refractivity contribution is -0.146. The van der Waals surface area contributed by atoms with E-state index in [1.165, 1.54) is 11.3 Å². The highest BCUT2D eigenvalue weighted by molar-refractivity contribution is 7.09. The van der Waals surface area contributed by atoms with Crippen molar-refractivity contribution in [2.24, 2.45) is 0 Å². The molecule has 1 aliphatic rings. The molecule has 11 heteroatoms. The van der Waals surface area contributed by atoms with Crippen LogP contribution in [0.25, 0.3) is 0 Å². The average molecular weight is 571 g/mol. The molecule has 206 valence electrons. The summed E-state index contributed by atoms with van der Waals surface area (Å²) in [6.45, 7) is 4.60. The van der Waals surface area contributed by atoms with Crippen molar-refractivity contribution in [3.63, 3.8) is 0 Å². The highest BCUT2D eigenvalue weighted by atomic mass is 35.5. The molecule has 1 aliphatic heterocycles. The standard InChI is InChI=1S/C28H31ClN4O5S/c1-28(2,38-23-10-5-4-9-21(23)29)27(36)33-13-11-19(12-14-33)26-30-22(17-39-26)25(35)32-31-24(34)16-18-7-6-8-20(15-18)37-3/h4-10,15,17,19H,11-14,16H2,1-3H3,(H,31,34)(H,32,35). The first-order valence-corrected chi connectivity index (χ1v) is 13.8. The van der Waals surface area contributed by atoms with E-state index in [9.17, 15) is 14.4 Å². The van der Waals surface area contributed by atoms with Crippen LogP contribution in [-0.2, 0) is 16.0 Å². The molecule has 0 atom stereocenters. The van der Waals surface area contributed by atoms with Gasteiger partial charge in [-0.05, 0) is 56.5 Å². The Morgan fingerprint density at radius 1 is 1.10 bits per heavy atom. The molecule has 2 aromatic carbocycles. The summed E-state index contributed by atoms with van der Waals surface area (Å²) in [5, 5.41) is 2.97. The van der Waals surface area contributed by atoms with Crippen molar-refractivity contribution >= 4 is 40.7 Å². The number of nitrogens with zero attached hydrogens (tertiary/aromatic N) is 2. The third kappa shape index (κ3) is 7.27. The first kappa shape index (κ1) is 28.4. The monoisotopic (exact) mass is 570 g/mol. The second-order valence-corrected chi connectivity index (χ2v) is 11.0.